The molecule has 1 aromatic rings. The van der Waals surface area contributed by atoms with Gasteiger partial charge in [0.15, 0.2) is 0 Å². The molecule has 0 N–H and O–H groups in total. The van der Waals surface area contributed by atoms with Gasteiger partial charge < -0.3 is 4.74 Å². The highest BCUT2D eigenvalue weighted by Gasteiger charge is 2.34. The Bertz CT molecular complexity index is 528. The lowest BCUT2D eigenvalue weighted by atomic mass is 10.3. The Kier molecular flexibility index (Phi) is 3.48. The third-order valence-corrected chi connectivity index (χ3v) is 5.13. The third-order valence-electron chi connectivity index (χ3n) is 3.19. The number of rotatable bonds is 2. The van der Waals surface area contributed by atoms with Crippen LogP contribution < -0.4 is 0 Å². The number of hydrogen-bond donors (Lipinski definition) is 0. The molecule has 0 bridgehead atoms. The van der Waals surface area contributed by atoms with Gasteiger partial charge in [0.2, 0.25) is 10.0 Å². The van der Waals surface area contributed by atoms with Crippen LogP contribution in [0.4, 0.5) is 0 Å². The SMILES string of the molecule is Cc1c(S(=O)(=O)N2CC(C)OC(C)C2)cnn1C. The molecule has 2 heterocycles. The van der Waals surface area contributed by atoms with Crippen molar-refractivity contribution < 1.29 is 13.2 Å². The van der Waals surface area contributed by atoms with Gasteiger partial charge >= 0.3 is 0 Å². The van der Waals surface area contributed by atoms with Crippen molar-refractivity contribution in [2.45, 2.75) is 37.9 Å². The summed E-state index contributed by atoms with van der Waals surface area (Å²) < 4.78 is 33.7. The fraction of sp³-hybridized carbons (Fsp3) is 0.727. The van der Waals surface area contributed by atoms with E-state index in [9.17, 15) is 8.42 Å². The van der Waals surface area contributed by atoms with E-state index < -0.39 is 10.0 Å². The zero-order valence-corrected chi connectivity index (χ0v) is 11.9. The van der Waals surface area contributed by atoms with Crippen LogP contribution in [0.1, 0.15) is 19.5 Å². The highest BCUT2D eigenvalue weighted by molar-refractivity contribution is 7.89. The van der Waals surface area contributed by atoms with Gasteiger partial charge in [-0.15, -0.1) is 0 Å². The average molecular weight is 273 g/mol. The molecule has 18 heavy (non-hydrogen) atoms. The summed E-state index contributed by atoms with van der Waals surface area (Å²) in [4.78, 5) is 0.284. The zero-order valence-electron chi connectivity index (χ0n) is 11.1. The molecular weight excluding hydrogens is 254 g/mol. The van der Waals surface area contributed by atoms with Gasteiger partial charge in [-0.1, -0.05) is 0 Å². The molecule has 0 radical (unpaired) electrons. The van der Waals surface area contributed by atoms with E-state index in [0.717, 1.165) is 0 Å². The standard InChI is InChI=1S/C11H19N3O3S/c1-8-6-14(7-9(2)17-8)18(15,16)11-5-12-13(4)10(11)3/h5,8-9H,6-7H2,1-4H3. The summed E-state index contributed by atoms with van der Waals surface area (Å²) in [6.07, 6.45) is 1.25. The lowest BCUT2D eigenvalue weighted by Crippen LogP contribution is -2.48. The number of ether oxygens (including phenoxy) is 1. The lowest BCUT2D eigenvalue weighted by Gasteiger charge is -2.34. The van der Waals surface area contributed by atoms with Crippen LogP contribution in [0.2, 0.25) is 0 Å². The Balaban J connectivity index is 2.34. The van der Waals surface area contributed by atoms with Crippen LogP contribution in [0.5, 0.6) is 0 Å². The summed E-state index contributed by atoms with van der Waals surface area (Å²) in [5.74, 6) is 0. The van der Waals surface area contributed by atoms with Crippen LogP contribution in [-0.4, -0.2) is 47.8 Å². The molecule has 1 aromatic heterocycles. The van der Waals surface area contributed by atoms with Crippen molar-refractivity contribution in [3.8, 4) is 0 Å². The molecule has 1 saturated heterocycles. The Morgan fingerprint density at radius 2 is 1.89 bits per heavy atom. The minimum Gasteiger partial charge on any atom is -0.373 e. The summed E-state index contributed by atoms with van der Waals surface area (Å²) in [6, 6.07) is 0. The summed E-state index contributed by atoms with van der Waals surface area (Å²) in [7, 11) is -1.73. The zero-order chi connectivity index (χ0) is 13.5. The van der Waals surface area contributed by atoms with Gasteiger partial charge in [-0.25, -0.2) is 8.42 Å². The van der Waals surface area contributed by atoms with Crippen molar-refractivity contribution in [1.82, 2.24) is 14.1 Å². The van der Waals surface area contributed by atoms with Crippen molar-refractivity contribution in [3.63, 3.8) is 0 Å². The molecule has 2 atom stereocenters. The minimum atomic E-state index is -3.47. The molecule has 0 spiro atoms. The minimum absolute atomic E-state index is 0.0829. The van der Waals surface area contributed by atoms with E-state index in [0.29, 0.717) is 18.8 Å². The van der Waals surface area contributed by atoms with Crippen molar-refractivity contribution in [3.05, 3.63) is 11.9 Å². The topological polar surface area (TPSA) is 64.4 Å². The number of morpholine rings is 1. The van der Waals surface area contributed by atoms with E-state index in [1.54, 1.807) is 18.7 Å². The number of hydrogen-bond acceptors (Lipinski definition) is 4. The largest absolute Gasteiger partial charge is 0.373 e. The van der Waals surface area contributed by atoms with E-state index >= 15 is 0 Å². The Morgan fingerprint density at radius 3 is 2.33 bits per heavy atom. The smallest absolute Gasteiger partial charge is 0.246 e. The Hall–Kier alpha value is -0.920. The van der Waals surface area contributed by atoms with Crippen molar-refractivity contribution in [1.29, 1.82) is 0 Å². The first-order valence-electron chi connectivity index (χ1n) is 5.96. The molecule has 0 saturated carbocycles. The summed E-state index contributed by atoms with van der Waals surface area (Å²) >= 11 is 0. The van der Waals surface area contributed by atoms with Crippen LogP contribution in [0.3, 0.4) is 0 Å². The van der Waals surface area contributed by atoms with E-state index in [4.69, 9.17) is 4.74 Å². The van der Waals surface area contributed by atoms with Gasteiger partial charge in [0, 0.05) is 20.1 Å². The lowest BCUT2D eigenvalue weighted by molar-refractivity contribution is -0.0440. The van der Waals surface area contributed by atoms with E-state index in [1.807, 2.05) is 13.8 Å². The fourth-order valence-electron chi connectivity index (χ4n) is 2.20. The second kappa shape index (κ2) is 4.64. The molecule has 1 aliphatic heterocycles. The molecular formula is C11H19N3O3S. The second-order valence-corrected chi connectivity index (χ2v) is 6.70. The monoisotopic (exact) mass is 273 g/mol. The Labute approximate surface area is 108 Å². The molecule has 0 aromatic carbocycles. The molecule has 7 heteroatoms. The van der Waals surface area contributed by atoms with Gasteiger partial charge in [0.25, 0.3) is 0 Å². The summed E-state index contributed by atoms with van der Waals surface area (Å²) in [5, 5.41) is 3.99. The first kappa shape index (κ1) is 13.5. The Morgan fingerprint density at radius 1 is 1.33 bits per heavy atom. The van der Waals surface area contributed by atoms with Crippen LogP contribution in [-0.2, 0) is 21.8 Å². The normalized spacial score (nSPS) is 26.4. The number of aromatic nitrogens is 2. The van der Waals surface area contributed by atoms with Crippen LogP contribution in [0.15, 0.2) is 11.1 Å². The molecule has 2 unspecified atom stereocenters. The average Bonchev–Trinajstić information content (AvgIpc) is 2.58. The second-order valence-electron chi connectivity index (χ2n) is 4.80. The molecule has 102 valence electrons. The van der Waals surface area contributed by atoms with Crippen molar-refractivity contribution >= 4 is 10.0 Å². The first-order chi connectivity index (χ1) is 8.32. The number of sulfonamides is 1. The first-order valence-corrected chi connectivity index (χ1v) is 7.40. The molecule has 1 fully saturated rings. The van der Waals surface area contributed by atoms with Crippen LogP contribution in [0.25, 0.3) is 0 Å². The highest BCUT2D eigenvalue weighted by Crippen LogP contribution is 2.22. The third kappa shape index (κ3) is 2.30. The van der Waals surface area contributed by atoms with Gasteiger partial charge in [-0.05, 0) is 20.8 Å². The summed E-state index contributed by atoms with van der Waals surface area (Å²) in [5.41, 5.74) is 0.654. The van der Waals surface area contributed by atoms with Crippen molar-refractivity contribution in [2.75, 3.05) is 13.1 Å². The quantitative estimate of drug-likeness (QED) is 0.788. The number of aryl methyl sites for hydroxylation is 1. The van der Waals surface area contributed by atoms with Crippen LogP contribution >= 0.6 is 0 Å². The van der Waals surface area contributed by atoms with Gasteiger partial charge in [0.1, 0.15) is 4.90 Å². The molecule has 0 aliphatic carbocycles. The maximum absolute atomic E-state index is 12.5. The highest BCUT2D eigenvalue weighted by atomic mass is 32.2. The van der Waals surface area contributed by atoms with E-state index in [2.05, 4.69) is 5.10 Å². The van der Waals surface area contributed by atoms with Gasteiger partial charge in [-0.2, -0.15) is 9.40 Å². The molecule has 0 amide bonds. The maximum atomic E-state index is 12.5. The fourth-order valence-corrected chi connectivity index (χ4v) is 3.97. The van der Waals surface area contributed by atoms with Crippen LogP contribution in [0, 0.1) is 6.92 Å². The molecule has 1 aliphatic rings. The van der Waals surface area contributed by atoms with E-state index in [1.165, 1.54) is 10.5 Å². The van der Waals surface area contributed by atoms with Crippen molar-refractivity contribution in [2.24, 2.45) is 7.05 Å². The predicted octanol–water partition coefficient (Wildman–Crippen LogP) is 0.526. The summed E-state index contributed by atoms with van der Waals surface area (Å²) in [6.45, 7) is 6.30. The molecule has 6 nitrogen and oxygen atoms in total. The molecule has 2 rings (SSSR count). The van der Waals surface area contributed by atoms with Gasteiger partial charge in [0.05, 0.1) is 24.1 Å². The van der Waals surface area contributed by atoms with Gasteiger partial charge in [-0.3, -0.25) is 4.68 Å². The maximum Gasteiger partial charge on any atom is 0.246 e. The van der Waals surface area contributed by atoms with E-state index in [-0.39, 0.29) is 17.1 Å². The number of nitrogens with zero attached hydrogens (tertiary/aromatic N) is 3. The predicted molar refractivity (Wildman–Crippen MR) is 66.7 cm³/mol.